The summed E-state index contributed by atoms with van der Waals surface area (Å²) in [5, 5.41) is 3.23. The summed E-state index contributed by atoms with van der Waals surface area (Å²) in [4.78, 5) is 28.6. The van der Waals surface area contributed by atoms with Gasteiger partial charge in [-0.05, 0) is 37.4 Å². The minimum atomic E-state index is -0.0684. The van der Waals surface area contributed by atoms with E-state index in [1.165, 1.54) is 12.8 Å². The van der Waals surface area contributed by atoms with Crippen LogP contribution < -0.4 is 14.8 Å². The topological polar surface area (TPSA) is 71.1 Å². The Bertz CT molecular complexity index is 630. The highest BCUT2D eigenvalue weighted by molar-refractivity contribution is 5.95. The molecule has 142 valence electrons. The van der Waals surface area contributed by atoms with Crippen LogP contribution in [0.2, 0.25) is 0 Å². The number of amides is 2. The molecule has 7 nitrogen and oxygen atoms in total. The fourth-order valence-corrected chi connectivity index (χ4v) is 3.09. The second kappa shape index (κ2) is 8.40. The molecular formula is C19H27N3O4. The molecule has 2 fully saturated rings. The van der Waals surface area contributed by atoms with E-state index >= 15 is 0 Å². The van der Waals surface area contributed by atoms with E-state index in [2.05, 4.69) is 5.32 Å². The molecule has 1 heterocycles. The van der Waals surface area contributed by atoms with Crippen molar-refractivity contribution >= 4 is 11.8 Å². The molecule has 0 aromatic heterocycles. The molecule has 0 bridgehead atoms. The third-order valence-corrected chi connectivity index (χ3v) is 4.92. The molecule has 0 atom stereocenters. The Morgan fingerprint density at radius 1 is 1.00 bits per heavy atom. The smallest absolute Gasteiger partial charge is 0.254 e. The number of ether oxygens (including phenoxy) is 2. The monoisotopic (exact) mass is 361 g/mol. The van der Waals surface area contributed by atoms with Gasteiger partial charge in [-0.3, -0.25) is 9.59 Å². The summed E-state index contributed by atoms with van der Waals surface area (Å²) in [7, 11) is 3.12. The Labute approximate surface area is 154 Å². The van der Waals surface area contributed by atoms with Gasteiger partial charge >= 0.3 is 0 Å². The van der Waals surface area contributed by atoms with Crippen molar-refractivity contribution in [3.05, 3.63) is 23.8 Å². The quantitative estimate of drug-likeness (QED) is 0.784. The van der Waals surface area contributed by atoms with Gasteiger partial charge in [0.15, 0.2) is 0 Å². The number of benzene rings is 1. The third kappa shape index (κ3) is 4.66. The molecule has 1 saturated heterocycles. The lowest BCUT2D eigenvalue weighted by Crippen LogP contribution is -2.52. The third-order valence-electron chi connectivity index (χ3n) is 4.92. The zero-order valence-electron chi connectivity index (χ0n) is 15.5. The van der Waals surface area contributed by atoms with Crippen LogP contribution in [-0.2, 0) is 4.79 Å². The van der Waals surface area contributed by atoms with Crippen molar-refractivity contribution < 1.29 is 19.1 Å². The number of carbonyl (C=O) groups excluding carboxylic acids is 2. The molecule has 1 aliphatic carbocycles. The van der Waals surface area contributed by atoms with E-state index in [4.69, 9.17) is 9.47 Å². The summed E-state index contributed by atoms with van der Waals surface area (Å²) in [6.45, 7) is 3.52. The van der Waals surface area contributed by atoms with Crippen LogP contribution in [0.15, 0.2) is 18.2 Å². The van der Waals surface area contributed by atoms with E-state index in [-0.39, 0.29) is 11.8 Å². The van der Waals surface area contributed by atoms with E-state index in [0.29, 0.717) is 49.8 Å². The van der Waals surface area contributed by atoms with Crippen LogP contribution in [-0.4, -0.2) is 75.1 Å². The SMILES string of the molecule is COc1cc(OC)cc(C(=O)N2CCN(C(=O)CNCC3CC3)CC2)c1. The number of hydrogen-bond donors (Lipinski definition) is 1. The summed E-state index contributed by atoms with van der Waals surface area (Å²) < 4.78 is 10.5. The molecule has 1 aromatic carbocycles. The number of nitrogens with one attached hydrogen (secondary N) is 1. The van der Waals surface area contributed by atoms with Crippen molar-refractivity contribution in [3.63, 3.8) is 0 Å². The molecule has 0 radical (unpaired) electrons. The first kappa shape index (κ1) is 18.5. The van der Waals surface area contributed by atoms with Gasteiger partial charge in [0.25, 0.3) is 5.91 Å². The Morgan fingerprint density at radius 2 is 1.58 bits per heavy atom. The van der Waals surface area contributed by atoms with Crippen molar-refractivity contribution in [2.45, 2.75) is 12.8 Å². The van der Waals surface area contributed by atoms with Crippen molar-refractivity contribution in [1.29, 1.82) is 0 Å². The average molecular weight is 361 g/mol. The van der Waals surface area contributed by atoms with Gasteiger partial charge < -0.3 is 24.6 Å². The lowest BCUT2D eigenvalue weighted by atomic mass is 10.1. The zero-order valence-corrected chi connectivity index (χ0v) is 15.5. The van der Waals surface area contributed by atoms with E-state index in [1.54, 1.807) is 37.3 Å². The second-order valence-corrected chi connectivity index (χ2v) is 6.85. The maximum Gasteiger partial charge on any atom is 0.254 e. The van der Waals surface area contributed by atoms with E-state index in [0.717, 1.165) is 12.5 Å². The number of hydrogen-bond acceptors (Lipinski definition) is 5. The van der Waals surface area contributed by atoms with Gasteiger partial charge in [-0.25, -0.2) is 0 Å². The Balaban J connectivity index is 1.52. The first-order valence-corrected chi connectivity index (χ1v) is 9.11. The molecular weight excluding hydrogens is 334 g/mol. The van der Waals surface area contributed by atoms with Gasteiger partial charge in [0, 0.05) is 37.8 Å². The number of carbonyl (C=O) groups is 2. The largest absolute Gasteiger partial charge is 0.497 e. The second-order valence-electron chi connectivity index (χ2n) is 6.85. The maximum atomic E-state index is 12.8. The molecule has 1 aromatic rings. The summed E-state index contributed by atoms with van der Waals surface area (Å²) in [5.74, 6) is 1.98. The Kier molecular flexibility index (Phi) is 5.98. The summed E-state index contributed by atoms with van der Waals surface area (Å²) >= 11 is 0. The van der Waals surface area contributed by atoms with Crippen LogP contribution >= 0.6 is 0 Å². The standard InChI is InChI=1S/C19H27N3O4/c1-25-16-9-15(10-17(11-16)26-2)19(24)22-7-5-21(6-8-22)18(23)13-20-12-14-3-4-14/h9-11,14,20H,3-8,12-13H2,1-2H3. The van der Waals surface area contributed by atoms with Crippen molar-refractivity contribution in [1.82, 2.24) is 15.1 Å². The lowest BCUT2D eigenvalue weighted by Gasteiger charge is -2.35. The molecule has 0 spiro atoms. The predicted molar refractivity (Wildman–Crippen MR) is 97.6 cm³/mol. The van der Waals surface area contributed by atoms with Crippen LogP contribution in [0.4, 0.5) is 0 Å². The number of methoxy groups -OCH3 is 2. The number of piperazine rings is 1. The van der Waals surface area contributed by atoms with Crippen LogP contribution in [0.1, 0.15) is 23.2 Å². The normalized spacial score (nSPS) is 17.2. The van der Waals surface area contributed by atoms with Gasteiger partial charge in [-0.2, -0.15) is 0 Å². The Hall–Kier alpha value is -2.28. The minimum Gasteiger partial charge on any atom is -0.497 e. The lowest BCUT2D eigenvalue weighted by molar-refractivity contribution is -0.131. The van der Waals surface area contributed by atoms with Crippen LogP contribution in [0.3, 0.4) is 0 Å². The minimum absolute atomic E-state index is 0.0684. The van der Waals surface area contributed by atoms with E-state index in [1.807, 2.05) is 4.90 Å². The maximum absolute atomic E-state index is 12.8. The van der Waals surface area contributed by atoms with Crippen LogP contribution in [0.25, 0.3) is 0 Å². The fourth-order valence-electron chi connectivity index (χ4n) is 3.09. The van der Waals surface area contributed by atoms with Gasteiger partial charge in [-0.15, -0.1) is 0 Å². The molecule has 0 unspecified atom stereocenters. The molecule has 2 amide bonds. The molecule has 26 heavy (non-hydrogen) atoms. The predicted octanol–water partition coefficient (Wildman–Crippen LogP) is 0.988. The molecule has 7 heteroatoms. The number of nitrogens with zero attached hydrogens (tertiary/aromatic N) is 2. The molecule has 1 N–H and O–H groups in total. The summed E-state index contributed by atoms with van der Waals surface area (Å²) in [6.07, 6.45) is 2.55. The highest BCUT2D eigenvalue weighted by Crippen LogP contribution is 2.27. The first-order chi connectivity index (χ1) is 12.6. The fraction of sp³-hybridized carbons (Fsp3) is 0.579. The summed E-state index contributed by atoms with van der Waals surface area (Å²) in [6, 6.07) is 5.16. The van der Waals surface area contributed by atoms with Gasteiger partial charge in [0.05, 0.1) is 20.8 Å². The van der Waals surface area contributed by atoms with Gasteiger partial charge in [0.1, 0.15) is 11.5 Å². The van der Waals surface area contributed by atoms with Crippen molar-refractivity contribution in [2.75, 3.05) is 53.5 Å². The molecule has 1 aliphatic heterocycles. The molecule has 1 saturated carbocycles. The highest BCUT2D eigenvalue weighted by Gasteiger charge is 2.26. The van der Waals surface area contributed by atoms with E-state index < -0.39 is 0 Å². The van der Waals surface area contributed by atoms with Gasteiger partial charge in [0.2, 0.25) is 5.91 Å². The number of rotatable bonds is 7. The molecule has 3 rings (SSSR count). The highest BCUT2D eigenvalue weighted by atomic mass is 16.5. The zero-order chi connectivity index (χ0) is 18.5. The van der Waals surface area contributed by atoms with Crippen molar-refractivity contribution in [2.24, 2.45) is 5.92 Å². The molecule has 2 aliphatic rings. The van der Waals surface area contributed by atoms with Crippen LogP contribution in [0, 0.1) is 5.92 Å². The average Bonchev–Trinajstić information content (AvgIpc) is 3.51. The van der Waals surface area contributed by atoms with Gasteiger partial charge in [-0.1, -0.05) is 0 Å². The Morgan fingerprint density at radius 3 is 2.12 bits per heavy atom. The van der Waals surface area contributed by atoms with E-state index in [9.17, 15) is 9.59 Å². The van der Waals surface area contributed by atoms with Crippen LogP contribution in [0.5, 0.6) is 11.5 Å². The van der Waals surface area contributed by atoms with Crippen molar-refractivity contribution in [3.8, 4) is 11.5 Å². The first-order valence-electron chi connectivity index (χ1n) is 9.11. The summed E-state index contributed by atoms with van der Waals surface area (Å²) in [5.41, 5.74) is 0.534.